The molecule has 0 saturated heterocycles. The average molecular weight is 221 g/mol. The van der Waals surface area contributed by atoms with Crippen LogP contribution in [0.25, 0.3) is 0 Å². The van der Waals surface area contributed by atoms with Gasteiger partial charge in [-0.25, -0.2) is 0 Å². The van der Waals surface area contributed by atoms with Gasteiger partial charge in [-0.15, -0.1) is 0 Å². The fraction of sp³-hybridized carbons (Fsp3) is 1.00. The largest absolute Gasteiger partial charge is 0.379 e. The van der Waals surface area contributed by atoms with Gasteiger partial charge in [-0.1, -0.05) is 20.8 Å². The van der Waals surface area contributed by atoms with Crippen molar-refractivity contribution in [2.45, 2.75) is 20.8 Å². The van der Waals surface area contributed by atoms with Crippen LogP contribution < -0.4 is 5.32 Å². The third-order valence-electron chi connectivity index (χ3n) is 1.40. The summed E-state index contributed by atoms with van der Waals surface area (Å²) in [7, 11) is 0. The first-order valence-corrected chi connectivity index (χ1v) is 5.66. The quantitative estimate of drug-likeness (QED) is 0.370. The maximum atomic E-state index is 5.44. The van der Waals surface area contributed by atoms with Crippen molar-refractivity contribution in [1.82, 2.24) is 5.32 Å². The lowest BCUT2D eigenvalue weighted by atomic mass is 9.99. The maximum Gasteiger partial charge on any atom is 0.0966 e. The van der Waals surface area contributed by atoms with E-state index in [9.17, 15) is 0 Å². The van der Waals surface area contributed by atoms with Crippen LogP contribution in [0.1, 0.15) is 20.8 Å². The predicted molar refractivity (Wildman–Crippen MR) is 62.9 cm³/mol. The van der Waals surface area contributed by atoms with Gasteiger partial charge >= 0.3 is 0 Å². The molecule has 4 heteroatoms. The molecule has 86 valence electrons. The van der Waals surface area contributed by atoms with Crippen LogP contribution in [0.3, 0.4) is 0 Å². The van der Waals surface area contributed by atoms with E-state index in [1.165, 1.54) is 0 Å². The number of thiol groups is 1. The number of ether oxygens (including phenoxy) is 2. The molecule has 0 radical (unpaired) electrons. The highest BCUT2D eigenvalue weighted by molar-refractivity contribution is 7.80. The van der Waals surface area contributed by atoms with Gasteiger partial charge in [0.25, 0.3) is 0 Å². The van der Waals surface area contributed by atoms with E-state index in [1.807, 2.05) is 0 Å². The van der Waals surface area contributed by atoms with E-state index in [0.717, 1.165) is 18.9 Å². The highest BCUT2D eigenvalue weighted by Gasteiger charge is 2.09. The first-order chi connectivity index (χ1) is 6.56. The molecular formula is C10H23NO2S. The van der Waals surface area contributed by atoms with Gasteiger partial charge in [0.15, 0.2) is 0 Å². The van der Waals surface area contributed by atoms with E-state index in [1.54, 1.807) is 0 Å². The molecule has 0 atom stereocenters. The van der Waals surface area contributed by atoms with Gasteiger partial charge in [0.2, 0.25) is 0 Å². The third-order valence-corrected chi connectivity index (χ3v) is 1.62. The SMILES string of the molecule is CC(C)(C)COCCOCNCCS. The summed E-state index contributed by atoms with van der Waals surface area (Å²) in [4.78, 5) is 0. The Kier molecular flexibility index (Phi) is 8.67. The molecule has 0 aromatic carbocycles. The van der Waals surface area contributed by atoms with Gasteiger partial charge in [0.1, 0.15) is 0 Å². The van der Waals surface area contributed by atoms with Crippen LogP contribution in [0, 0.1) is 5.41 Å². The number of rotatable bonds is 8. The number of nitrogens with one attached hydrogen (secondary N) is 1. The van der Waals surface area contributed by atoms with Gasteiger partial charge in [0.05, 0.1) is 26.6 Å². The lowest BCUT2D eigenvalue weighted by molar-refractivity contribution is 0.0152. The van der Waals surface area contributed by atoms with Crippen molar-refractivity contribution in [1.29, 1.82) is 0 Å². The molecule has 0 fully saturated rings. The van der Waals surface area contributed by atoms with Gasteiger partial charge in [-0.2, -0.15) is 12.6 Å². The van der Waals surface area contributed by atoms with Gasteiger partial charge in [0, 0.05) is 12.3 Å². The second kappa shape index (κ2) is 8.53. The third kappa shape index (κ3) is 12.2. The van der Waals surface area contributed by atoms with Crippen LogP contribution in [0.4, 0.5) is 0 Å². The molecule has 0 aromatic heterocycles. The lowest BCUT2D eigenvalue weighted by Crippen LogP contribution is -2.22. The molecule has 0 bridgehead atoms. The molecule has 0 unspecified atom stereocenters. The Bertz CT molecular complexity index is 126. The normalized spacial score (nSPS) is 12.0. The second-order valence-electron chi connectivity index (χ2n) is 4.39. The monoisotopic (exact) mass is 221 g/mol. The summed E-state index contributed by atoms with van der Waals surface area (Å²) >= 11 is 4.07. The minimum Gasteiger partial charge on any atom is -0.379 e. The Labute approximate surface area is 93.0 Å². The van der Waals surface area contributed by atoms with Crippen LogP contribution in [0.5, 0.6) is 0 Å². The molecule has 0 heterocycles. The van der Waals surface area contributed by atoms with Crippen molar-refractivity contribution in [3.05, 3.63) is 0 Å². The summed E-state index contributed by atoms with van der Waals surface area (Å²) in [6, 6.07) is 0. The highest BCUT2D eigenvalue weighted by atomic mass is 32.1. The molecule has 14 heavy (non-hydrogen) atoms. The number of hydrogen-bond donors (Lipinski definition) is 2. The fourth-order valence-corrected chi connectivity index (χ4v) is 0.950. The Morgan fingerprint density at radius 2 is 1.79 bits per heavy atom. The first-order valence-electron chi connectivity index (χ1n) is 5.03. The minimum absolute atomic E-state index is 0.240. The molecule has 0 amide bonds. The van der Waals surface area contributed by atoms with Crippen molar-refractivity contribution in [2.75, 3.05) is 38.8 Å². The van der Waals surface area contributed by atoms with Gasteiger partial charge in [-0.05, 0) is 5.41 Å². The van der Waals surface area contributed by atoms with Crippen LogP contribution in [0.15, 0.2) is 0 Å². The Hall–Kier alpha value is 0.230. The topological polar surface area (TPSA) is 30.5 Å². The van der Waals surface area contributed by atoms with Gasteiger partial charge in [-0.3, -0.25) is 5.32 Å². The van der Waals surface area contributed by atoms with Crippen LogP contribution in [-0.4, -0.2) is 38.8 Å². The van der Waals surface area contributed by atoms with E-state index < -0.39 is 0 Å². The Morgan fingerprint density at radius 1 is 1.14 bits per heavy atom. The molecule has 0 aliphatic rings. The fourth-order valence-electron chi connectivity index (χ4n) is 0.792. The van der Waals surface area contributed by atoms with Gasteiger partial charge < -0.3 is 9.47 Å². The molecule has 0 aliphatic heterocycles. The summed E-state index contributed by atoms with van der Waals surface area (Å²) in [5, 5.41) is 3.09. The first kappa shape index (κ1) is 14.2. The Balaban J connectivity index is 2.99. The van der Waals surface area contributed by atoms with E-state index in [-0.39, 0.29) is 5.41 Å². The molecule has 1 N–H and O–H groups in total. The smallest absolute Gasteiger partial charge is 0.0966 e. The molecule has 3 nitrogen and oxygen atoms in total. The summed E-state index contributed by atoms with van der Waals surface area (Å²) in [6.07, 6.45) is 0. The van der Waals surface area contributed by atoms with Crippen molar-refractivity contribution in [3.8, 4) is 0 Å². The van der Waals surface area contributed by atoms with Crippen LogP contribution >= 0.6 is 12.6 Å². The zero-order valence-electron chi connectivity index (χ0n) is 9.51. The standard InChI is InChI=1S/C10H23NO2S/c1-10(2,3)8-12-5-6-13-9-11-4-7-14/h11,14H,4-9H2,1-3H3. The number of hydrogen-bond acceptors (Lipinski definition) is 4. The average Bonchev–Trinajstić information content (AvgIpc) is 2.08. The molecule has 0 aliphatic carbocycles. The zero-order valence-corrected chi connectivity index (χ0v) is 10.4. The van der Waals surface area contributed by atoms with E-state index in [0.29, 0.717) is 19.9 Å². The summed E-state index contributed by atoms with van der Waals surface area (Å²) in [5.41, 5.74) is 0.240. The van der Waals surface area contributed by atoms with E-state index in [2.05, 4.69) is 38.7 Å². The lowest BCUT2D eigenvalue weighted by Gasteiger charge is -2.17. The van der Waals surface area contributed by atoms with Crippen molar-refractivity contribution >= 4 is 12.6 Å². The molecular weight excluding hydrogens is 198 g/mol. The van der Waals surface area contributed by atoms with Crippen molar-refractivity contribution in [2.24, 2.45) is 5.41 Å². The minimum atomic E-state index is 0.240. The summed E-state index contributed by atoms with van der Waals surface area (Å²) in [5.74, 6) is 0.837. The Morgan fingerprint density at radius 3 is 2.36 bits per heavy atom. The molecule has 0 rings (SSSR count). The van der Waals surface area contributed by atoms with Crippen LogP contribution in [0.2, 0.25) is 0 Å². The summed E-state index contributed by atoms with van der Waals surface area (Å²) in [6.45, 7) is 10.0. The second-order valence-corrected chi connectivity index (χ2v) is 4.84. The zero-order chi connectivity index (χ0) is 10.9. The van der Waals surface area contributed by atoms with Crippen molar-refractivity contribution in [3.63, 3.8) is 0 Å². The predicted octanol–water partition coefficient (Wildman–Crippen LogP) is 1.54. The molecule has 0 aromatic rings. The van der Waals surface area contributed by atoms with E-state index >= 15 is 0 Å². The van der Waals surface area contributed by atoms with Crippen molar-refractivity contribution < 1.29 is 9.47 Å². The molecule has 0 spiro atoms. The summed E-state index contributed by atoms with van der Waals surface area (Å²) < 4.78 is 10.7. The molecule has 0 saturated carbocycles. The maximum absolute atomic E-state index is 5.44. The van der Waals surface area contributed by atoms with Crippen LogP contribution in [-0.2, 0) is 9.47 Å². The van der Waals surface area contributed by atoms with E-state index in [4.69, 9.17) is 9.47 Å². The highest BCUT2D eigenvalue weighted by Crippen LogP contribution is 2.12.